The van der Waals surface area contributed by atoms with Crippen molar-refractivity contribution in [3.8, 4) is 0 Å². The molecular formula is C13H21NO. The summed E-state index contributed by atoms with van der Waals surface area (Å²) in [6, 6.07) is 8.36. The van der Waals surface area contributed by atoms with E-state index in [0.717, 1.165) is 6.54 Å². The molecule has 0 saturated heterocycles. The van der Waals surface area contributed by atoms with Crippen molar-refractivity contribution in [2.45, 2.75) is 32.9 Å². The Morgan fingerprint density at radius 1 is 1.27 bits per heavy atom. The van der Waals surface area contributed by atoms with Crippen molar-refractivity contribution in [1.29, 1.82) is 0 Å². The van der Waals surface area contributed by atoms with E-state index in [1.807, 2.05) is 20.9 Å². The second kappa shape index (κ2) is 4.77. The van der Waals surface area contributed by atoms with Crippen LogP contribution in [0.2, 0.25) is 0 Å². The SMILES string of the molecule is Cc1ccccc1CN(C)CC(C)(C)O. The van der Waals surface area contributed by atoms with Crippen molar-refractivity contribution in [2.75, 3.05) is 13.6 Å². The van der Waals surface area contributed by atoms with Crippen molar-refractivity contribution in [3.63, 3.8) is 0 Å². The van der Waals surface area contributed by atoms with E-state index in [1.165, 1.54) is 11.1 Å². The standard InChI is InChI=1S/C13H21NO/c1-11-7-5-6-8-12(11)9-14(4)10-13(2,3)15/h5-8,15H,9-10H2,1-4H3. The lowest BCUT2D eigenvalue weighted by Crippen LogP contribution is -2.35. The molecule has 0 aliphatic carbocycles. The third-order valence-corrected chi connectivity index (χ3v) is 2.36. The van der Waals surface area contributed by atoms with Crippen LogP contribution in [-0.4, -0.2) is 29.2 Å². The van der Waals surface area contributed by atoms with E-state index in [1.54, 1.807) is 0 Å². The van der Waals surface area contributed by atoms with Crippen LogP contribution in [0.1, 0.15) is 25.0 Å². The van der Waals surface area contributed by atoms with Gasteiger partial charge in [-0.1, -0.05) is 24.3 Å². The minimum atomic E-state index is -0.628. The third-order valence-electron chi connectivity index (χ3n) is 2.36. The average molecular weight is 207 g/mol. The van der Waals surface area contributed by atoms with Crippen molar-refractivity contribution >= 4 is 0 Å². The summed E-state index contributed by atoms with van der Waals surface area (Å²) in [6.45, 7) is 7.36. The molecule has 0 amide bonds. The van der Waals surface area contributed by atoms with Crippen LogP contribution < -0.4 is 0 Å². The topological polar surface area (TPSA) is 23.5 Å². The smallest absolute Gasteiger partial charge is 0.0718 e. The van der Waals surface area contributed by atoms with Gasteiger partial charge in [0, 0.05) is 13.1 Å². The van der Waals surface area contributed by atoms with Crippen LogP contribution in [0.25, 0.3) is 0 Å². The highest BCUT2D eigenvalue weighted by Gasteiger charge is 2.15. The minimum absolute atomic E-state index is 0.628. The number of rotatable bonds is 4. The van der Waals surface area contributed by atoms with Crippen molar-refractivity contribution in [3.05, 3.63) is 35.4 Å². The fourth-order valence-electron chi connectivity index (χ4n) is 1.79. The monoisotopic (exact) mass is 207 g/mol. The lowest BCUT2D eigenvalue weighted by Gasteiger charge is -2.25. The van der Waals surface area contributed by atoms with Gasteiger partial charge in [0.1, 0.15) is 0 Å². The predicted octanol–water partition coefficient (Wildman–Crippen LogP) is 2.20. The van der Waals surface area contributed by atoms with Gasteiger partial charge in [0.15, 0.2) is 0 Å². The van der Waals surface area contributed by atoms with Gasteiger partial charge < -0.3 is 5.11 Å². The molecule has 0 saturated carbocycles. The molecule has 1 rings (SSSR count). The summed E-state index contributed by atoms with van der Waals surface area (Å²) in [7, 11) is 2.03. The zero-order chi connectivity index (χ0) is 11.5. The number of hydrogen-bond donors (Lipinski definition) is 1. The largest absolute Gasteiger partial charge is 0.389 e. The van der Waals surface area contributed by atoms with Gasteiger partial charge in [-0.2, -0.15) is 0 Å². The molecule has 1 aromatic rings. The summed E-state index contributed by atoms with van der Waals surface area (Å²) in [4.78, 5) is 2.14. The van der Waals surface area contributed by atoms with Crippen LogP contribution in [0.5, 0.6) is 0 Å². The normalized spacial score (nSPS) is 12.1. The Labute approximate surface area is 92.5 Å². The Bertz CT molecular complexity index is 315. The molecule has 0 fully saturated rings. The van der Waals surface area contributed by atoms with Gasteiger partial charge in [-0.15, -0.1) is 0 Å². The molecule has 0 aliphatic heterocycles. The van der Waals surface area contributed by atoms with Crippen LogP contribution >= 0.6 is 0 Å². The lowest BCUT2D eigenvalue weighted by molar-refractivity contribution is 0.0424. The maximum Gasteiger partial charge on any atom is 0.0718 e. The van der Waals surface area contributed by atoms with Gasteiger partial charge in [-0.3, -0.25) is 4.90 Å². The van der Waals surface area contributed by atoms with Crippen LogP contribution in [0.15, 0.2) is 24.3 Å². The minimum Gasteiger partial charge on any atom is -0.389 e. The van der Waals surface area contributed by atoms with Crippen molar-refractivity contribution < 1.29 is 5.11 Å². The molecule has 0 radical (unpaired) electrons. The quantitative estimate of drug-likeness (QED) is 0.818. The third kappa shape index (κ3) is 4.45. The Balaban J connectivity index is 2.59. The van der Waals surface area contributed by atoms with E-state index in [0.29, 0.717) is 6.54 Å². The highest BCUT2D eigenvalue weighted by atomic mass is 16.3. The van der Waals surface area contributed by atoms with Gasteiger partial charge in [-0.05, 0) is 38.9 Å². The van der Waals surface area contributed by atoms with Crippen LogP contribution in [0.3, 0.4) is 0 Å². The zero-order valence-electron chi connectivity index (χ0n) is 10.1. The van der Waals surface area contributed by atoms with Crippen molar-refractivity contribution in [2.24, 2.45) is 0 Å². The maximum absolute atomic E-state index is 9.69. The number of nitrogens with zero attached hydrogens (tertiary/aromatic N) is 1. The number of likely N-dealkylation sites (N-methyl/N-ethyl adjacent to an activating group) is 1. The van der Waals surface area contributed by atoms with Crippen LogP contribution in [-0.2, 0) is 6.54 Å². The van der Waals surface area contributed by atoms with Crippen molar-refractivity contribution in [1.82, 2.24) is 4.90 Å². The summed E-state index contributed by atoms with van der Waals surface area (Å²) in [5.41, 5.74) is 2.00. The van der Waals surface area contributed by atoms with Gasteiger partial charge >= 0.3 is 0 Å². The van der Waals surface area contributed by atoms with Gasteiger partial charge in [-0.25, -0.2) is 0 Å². The first-order chi connectivity index (χ1) is 6.88. The van der Waals surface area contributed by atoms with E-state index in [4.69, 9.17) is 0 Å². The number of aliphatic hydroxyl groups is 1. The predicted molar refractivity (Wildman–Crippen MR) is 63.8 cm³/mol. The van der Waals surface area contributed by atoms with Gasteiger partial charge in [0.2, 0.25) is 0 Å². The molecule has 84 valence electrons. The molecule has 0 spiro atoms. The molecule has 1 N–H and O–H groups in total. The average Bonchev–Trinajstić information content (AvgIpc) is 2.05. The molecular weight excluding hydrogens is 186 g/mol. The molecule has 0 aliphatic rings. The molecule has 2 nitrogen and oxygen atoms in total. The Kier molecular flexibility index (Phi) is 3.89. The fraction of sp³-hybridized carbons (Fsp3) is 0.538. The van der Waals surface area contributed by atoms with E-state index >= 15 is 0 Å². The lowest BCUT2D eigenvalue weighted by atomic mass is 10.1. The maximum atomic E-state index is 9.69. The molecule has 0 unspecified atom stereocenters. The molecule has 0 aromatic heterocycles. The van der Waals surface area contributed by atoms with Crippen LogP contribution in [0.4, 0.5) is 0 Å². The summed E-state index contributed by atoms with van der Waals surface area (Å²) in [5.74, 6) is 0. The summed E-state index contributed by atoms with van der Waals surface area (Å²) >= 11 is 0. The first-order valence-electron chi connectivity index (χ1n) is 5.34. The summed E-state index contributed by atoms with van der Waals surface area (Å²) in [6.07, 6.45) is 0. The van der Waals surface area contributed by atoms with Gasteiger partial charge in [0.25, 0.3) is 0 Å². The zero-order valence-corrected chi connectivity index (χ0v) is 10.1. The Hall–Kier alpha value is -0.860. The second-order valence-corrected chi connectivity index (χ2v) is 4.91. The van der Waals surface area contributed by atoms with Gasteiger partial charge in [0.05, 0.1) is 5.60 Å². The molecule has 15 heavy (non-hydrogen) atoms. The first-order valence-corrected chi connectivity index (χ1v) is 5.34. The highest BCUT2D eigenvalue weighted by molar-refractivity contribution is 5.25. The summed E-state index contributed by atoms with van der Waals surface area (Å²) < 4.78 is 0. The summed E-state index contributed by atoms with van der Waals surface area (Å²) in [5, 5.41) is 9.69. The van der Waals surface area contributed by atoms with E-state index in [-0.39, 0.29) is 0 Å². The van der Waals surface area contributed by atoms with E-state index in [2.05, 4.69) is 36.1 Å². The van der Waals surface area contributed by atoms with E-state index in [9.17, 15) is 5.11 Å². The van der Waals surface area contributed by atoms with Crippen LogP contribution in [0, 0.1) is 6.92 Å². The number of benzene rings is 1. The first kappa shape index (κ1) is 12.2. The molecule has 0 heterocycles. The number of aryl methyl sites for hydroxylation is 1. The molecule has 0 atom stereocenters. The molecule has 0 bridgehead atoms. The fourth-order valence-corrected chi connectivity index (χ4v) is 1.79. The Morgan fingerprint density at radius 3 is 2.40 bits per heavy atom. The molecule has 2 heteroatoms. The Morgan fingerprint density at radius 2 is 1.87 bits per heavy atom. The second-order valence-electron chi connectivity index (χ2n) is 4.91. The molecule has 1 aromatic carbocycles. The highest BCUT2D eigenvalue weighted by Crippen LogP contribution is 2.11. The van der Waals surface area contributed by atoms with E-state index < -0.39 is 5.60 Å². The number of hydrogen-bond acceptors (Lipinski definition) is 2.